The smallest absolute Gasteiger partial charge is 0.0756 e. The van der Waals surface area contributed by atoms with Crippen LogP contribution in [0.25, 0.3) is 0 Å². The maximum atomic E-state index is 2.54. The van der Waals surface area contributed by atoms with Crippen molar-refractivity contribution in [1.29, 1.82) is 0 Å². The largest absolute Gasteiger partial charge is 0.0983 e. The normalized spacial score (nSPS) is 13.4. The summed E-state index contributed by atoms with van der Waals surface area (Å²) in [6.45, 7) is 11.7. The summed E-state index contributed by atoms with van der Waals surface area (Å²) in [5.41, 5.74) is 5.46. The molecule has 0 unspecified atom stereocenters. The minimum atomic E-state index is -1.25. The Bertz CT molecular complexity index is 450. The molecule has 0 spiro atoms. The van der Waals surface area contributed by atoms with Crippen molar-refractivity contribution in [3.8, 4) is 0 Å². The van der Waals surface area contributed by atoms with Crippen molar-refractivity contribution in [2.24, 2.45) is 5.92 Å². The van der Waals surface area contributed by atoms with Crippen molar-refractivity contribution in [2.45, 2.75) is 59.2 Å². The van der Waals surface area contributed by atoms with E-state index in [-0.39, 0.29) is 0 Å². The number of hydrogen-bond acceptors (Lipinski definition) is 0. The molecule has 0 aliphatic heterocycles. The van der Waals surface area contributed by atoms with Crippen molar-refractivity contribution in [3.63, 3.8) is 0 Å². The molecule has 0 aliphatic rings. The fourth-order valence-corrected chi connectivity index (χ4v) is 4.75. The number of allylic oxidation sites excluding steroid dienone is 3. The van der Waals surface area contributed by atoms with Crippen LogP contribution in [0.2, 0.25) is 13.1 Å². The molecule has 1 rings (SSSR count). The zero-order chi connectivity index (χ0) is 15.7. The van der Waals surface area contributed by atoms with Crippen LogP contribution in [0.3, 0.4) is 0 Å². The molecule has 0 N–H and O–H groups in total. The van der Waals surface area contributed by atoms with Gasteiger partial charge in [-0.25, -0.2) is 0 Å². The number of benzene rings is 1. The van der Waals surface area contributed by atoms with Gasteiger partial charge in [-0.05, 0) is 45.1 Å². The highest BCUT2D eigenvalue weighted by Crippen LogP contribution is 2.16. The second kappa shape index (κ2) is 9.04. The molecule has 0 aromatic heterocycles. The third-order valence-electron chi connectivity index (χ3n) is 3.82. The van der Waals surface area contributed by atoms with Gasteiger partial charge in [0.15, 0.2) is 0 Å². The van der Waals surface area contributed by atoms with Gasteiger partial charge < -0.3 is 0 Å². The van der Waals surface area contributed by atoms with Crippen molar-refractivity contribution >= 4 is 8.07 Å². The maximum absolute atomic E-state index is 2.54. The Balaban J connectivity index is 2.38. The molecular weight excluding hydrogens is 268 g/mol. The summed E-state index contributed by atoms with van der Waals surface area (Å²) in [5.74, 6) is 0.790. The summed E-state index contributed by atoms with van der Waals surface area (Å²) >= 11 is 0. The molecule has 0 bridgehead atoms. The van der Waals surface area contributed by atoms with Crippen LogP contribution in [0, 0.1) is 5.92 Å². The summed E-state index contributed by atoms with van der Waals surface area (Å²) in [5, 5.41) is 0. The van der Waals surface area contributed by atoms with E-state index in [1.165, 1.54) is 36.4 Å². The first-order valence-electron chi connectivity index (χ1n) is 8.24. The standard InChI is InChI=1S/C20H32Si/c1-18(2)11-9-12-19(3)13-10-16-21(4,5)17-20-14-7-6-8-15-20/h6-8,10-11,14-16,19H,9,12-13,17H2,1-5H3/b16-10+/t19-/m1/s1. The van der Waals surface area contributed by atoms with E-state index in [9.17, 15) is 0 Å². The molecule has 0 heterocycles. The zero-order valence-corrected chi connectivity index (χ0v) is 15.5. The second-order valence-electron chi connectivity index (χ2n) is 7.25. The van der Waals surface area contributed by atoms with E-state index in [0.29, 0.717) is 0 Å². The van der Waals surface area contributed by atoms with Gasteiger partial charge in [-0.2, -0.15) is 0 Å². The van der Waals surface area contributed by atoms with E-state index >= 15 is 0 Å². The minimum absolute atomic E-state index is 0.790. The Kier molecular flexibility index (Phi) is 7.74. The van der Waals surface area contributed by atoms with Gasteiger partial charge in [-0.15, -0.1) is 0 Å². The monoisotopic (exact) mass is 300 g/mol. The molecule has 1 aromatic rings. The molecule has 0 fully saturated rings. The topological polar surface area (TPSA) is 0 Å². The molecule has 1 heteroatoms. The van der Waals surface area contributed by atoms with Crippen molar-refractivity contribution < 1.29 is 0 Å². The van der Waals surface area contributed by atoms with Gasteiger partial charge in [0.1, 0.15) is 0 Å². The first kappa shape index (κ1) is 18.0. The van der Waals surface area contributed by atoms with Crippen LogP contribution in [0.4, 0.5) is 0 Å². The zero-order valence-electron chi connectivity index (χ0n) is 14.5. The van der Waals surface area contributed by atoms with E-state index in [1.54, 1.807) is 0 Å². The Morgan fingerprint density at radius 2 is 1.81 bits per heavy atom. The van der Waals surface area contributed by atoms with E-state index < -0.39 is 8.07 Å². The van der Waals surface area contributed by atoms with Gasteiger partial charge in [-0.3, -0.25) is 0 Å². The highest BCUT2D eigenvalue weighted by molar-refractivity contribution is 6.81. The second-order valence-corrected chi connectivity index (χ2v) is 11.9. The molecule has 116 valence electrons. The van der Waals surface area contributed by atoms with Crippen LogP contribution < -0.4 is 0 Å². The Hall–Kier alpha value is -1.08. The predicted octanol–water partition coefficient (Wildman–Crippen LogP) is 6.34. The fraction of sp³-hybridized carbons (Fsp3) is 0.500. The average molecular weight is 301 g/mol. The van der Waals surface area contributed by atoms with Crippen molar-refractivity contribution in [1.82, 2.24) is 0 Å². The first-order chi connectivity index (χ1) is 9.89. The molecule has 1 aromatic carbocycles. The van der Waals surface area contributed by atoms with Crippen LogP contribution in [-0.4, -0.2) is 8.07 Å². The quantitative estimate of drug-likeness (QED) is 0.388. The summed E-state index contributed by atoms with van der Waals surface area (Å²) in [6.07, 6.45) is 8.55. The predicted molar refractivity (Wildman–Crippen MR) is 99.2 cm³/mol. The molecule has 0 radical (unpaired) electrons. The number of hydrogen-bond donors (Lipinski definition) is 0. The van der Waals surface area contributed by atoms with Gasteiger partial charge in [0.25, 0.3) is 0 Å². The number of rotatable bonds is 8. The summed E-state index contributed by atoms with van der Waals surface area (Å²) in [4.78, 5) is 0. The van der Waals surface area contributed by atoms with Crippen LogP contribution in [-0.2, 0) is 6.04 Å². The van der Waals surface area contributed by atoms with Gasteiger partial charge in [-0.1, -0.05) is 79.3 Å². The third-order valence-corrected chi connectivity index (χ3v) is 6.28. The van der Waals surface area contributed by atoms with Crippen molar-refractivity contribution in [3.05, 3.63) is 59.3 Å². The van der Waals surface area contributed by atoms with E-state index in [4.69, 9.17) is 0 Å². The molecule has 1 atom stereocenters. The van der Waals surface area contributed by atoms with Crippen LogP contribution in [0.15, 0.2) is 53.8 Å². The summed E-state index contributed by atoms with van der Waals surface area (Å²) < 4.78 is 0. The summed E-state index contributed by atoms with van der Waals surface area (Å²) in [7, 11) is -1.25. The van der Waals surface area contributed by atoms with Crippen LogP contribution >= 0.6 is 0 Å². The molecule has 0 nitrogen and oxygen atoms in total. The van der Waals surface area contributed by atoms with Crippen LogP contribution in [0.5, 0.6) is 0 Å². The minimum Gasteiger partial charge on any atom is -0.0983 e. The maximum Gasteiger partial charge on any atom is 0.0756 e. The van der Waals surface area contributed by atoms with Gasteiger partial charge >= 0.3 is 0 Å². The lowest BCUT2D eigenvalue weighted by Crippen LogP contribution is -2.26. The lowest BCUT2D eigenvalue weighted by Gasteiger charge is -2.18. The van der Waals surface area contributed by atoms with E-state index in [0.717, 1.165) is 5.92 Å². The Morgan fingerprint density at radius 1 is 1.14 bits per heavy atom. The Morgan fingerprint density at radius 3 is 2.43 bits per heavy atom. The lowest BCUT2D eigenvalue weighted by atomic mass is 10.0. The van der Waals surface area contributed by atoms with E-state index in [2.05, 4.69) is 82.0 Å². The average Bonchev–Trinajstić information content (AvgIpc) is 2.38. The highest BCUT2D eigenvalue weighted by atomic mass is 28.3. The molecule has 0 saturated heterocycles. The van der Waals surface area contributed by atoms with Gasteiger partial charge in [0.2, 0.25) is 0 Å². The molecular formula is C20H32Si. The first-order valence-corrected chi connectivity index (χ1v) is 11.5. The lowest BCUT2D eigenvalue weighted by molar-refractivity contribution is 0.546. The summed E-state index contributed by atoms with van der Waals surface area (Å²) in [6, 6.07) is 12.2. The van der Waals surface area contributed by atoms with Crippen molar-refractivity contribution in [2.75, 3.05) is 0 Å². The van der Waals surface area contributed by atoms with Gasteiger partial charge in [0, 0.05) is 0 Å². The molecule has 0 aliphatic carbocycles. The van der Waals surface area contributed by atoms with E-state index in [1.807, 2.05) is 0 Å². The fourth-order valence-electron chi connectivity index (χ4n) is 2.57. The molecule has 0 amide bonds. The van der Waals surface area contributed by atoms with Gasteiger partial charge in [0.05, 0.1) is 8.07 Å². The SMILES string of the molecule is CC(C)=CCC[C@@H](C)C/C=C/[Si](C)(C)Cc1ccccc1. The third kappa shape index (κ3) is 8.72. The molecule has 0 saturated carbocycles. The highest BCUT2D eigenvalue weighted by Gasteiger charge is 2.17. The van der Waals surface area contributed by atoms with Crippen LogP contribution in [0.1, 0.15) is 45.6 Å². The Labute approximate surface area is 133 Å². The molecule has 21 heavy (non-hydrogen) atoms.